The Morgan fingerprint density at radius 3 is 1.96 bits per heavy atom. The maximum Gasteiger partial charge on any atom is 0.204 e. The van der Waals surface area contributed by atoms with E-state index in [1.165, 1.54) is 11.5 Å². The number of aromatic nitrogens is 1. The van der Waals surface area contributed by atoms with Gasteiger partial charge in [-0.1, -0.05) is 83.5 Å². The van der Waals surface area contributed by atoms with Crippen LogP contribution in [0.15, 0.2) is 30.3 Å². The smallest absolute Gasteiger partial charge is 0.204 e. The Balaban J connectivity index is 2.71. The molecule has 0 radical (unpaired) electrons. The number of hydrogen-bond acceptors (Lipinski definition) is 3. The van der Waals surface area contributed by atoms with Gasteiger partial charge in [0.25, 0.3) is 0 Å². The molecule has 1 aromatic heterocycles. The lowest BCUT2D eigenvalue weighted by Gasteiger charge is -2.43. The Hall–Kier alpha value is -0.973. The third kappa shape index (κ3) is 3.12. The molecule has 2 nitrogen and oxygen atoms in total. The van der Waals surface area contributed by atoms with Crippen LogP contribution in [0.1, 0.15) is 56.8 Å². The first-order valence-electron chi connectivity index (χ1n) is 8.49. The molecule has 0 fully saturated rings. The van der Waals surface area contributed by atoms with Crippen molar-refractivity contribution in [2.24, 2.45) is 0 Å². The minimum atomic E-state index is -2.04. The van der Waals surface area contributed by atoms with Crippen LogP contribution in [0.25, 0.3) is 0 Å². The molecule has 0 aliphatic rings. The molecule has 1 aromatic carbocycles. The second kappa shape index (κ2) is 7.50. The summed E-state index contributed by atoms with van der Waals surface area (Å²) in [6.45, 7) is 13.6. The van der Waals surface area contributed by atoms with Crippen molar-refractivity contribution in [1.29, 1.82) is 0 Å². The number of nitrogens with zero attached hydrogens (tertiary/aromatic N) is 1. The number of carbonyl (C=O) groups is 1. The van der Waals surface area contributed by atoms with Crippen LogP contribution in [0.4, 0.5) is 0 Å². The second-order valence-electron chi connectivity index (χ2n) is 7.27. The third-order valence-corrected chi connectivity index (χ3v) is 13.8. The SMILES string of the molecule is CC(C)[Si](c1c(Cl)nsc1C(=O)c1ccccc1)(C(C)C)C(C)C. The average molecular weight is 380 g/mol. The molecule has 0 saturated heterocycles. The molecule has 5 heteroatoms. The van der Waals surface area contributed by atoms with Gasteiger partial charge in [-0.25, -0.2) is 0 Å². The largest absolute Gasteiger partial charge is 0.288 e. The summed E-state index contributed by atoms with van der Waals surface area (Å²) in [5.74, 6) is 0.0498. The van der Waals surface area contributed by atoms with E-state index in [0.29, 0.717) is 27.3 Å². The molecule has 0 bridgehead atoms. The number of hydrogen-bond donors (Lipinski definition) is 0. The van der Waals surface area contributed by atoms with Gasteiger partial charge in [0.2, 0.25) is 5.78 Å². The minimum absolute atomic E-state index is 0.0498. The van der Waals surface area contributed by atoms with Crippen molar-refractivity contribution in [1.82, 2.24) is 4.37 Å². The van der Waals surface area contributed by atoms with E-state index in [2.05, 4.69) is 45.9 Å². The lowest BCUT2D eigenvalue weighted by molar-refractivity contribution is 0.104. The molecule has 2 aromatic rings. The van der Waals surface area contributed by atoms with E-state index in [9.17, 15) is 4.79 Å². The molecule has 0 saturated carbocycles. The highest BCUT2D eigenvalue weighted by atomic mass is 35.5. The minimum Gasteiger partial charge on any atom is -0.288 e. The topological polar surface area (TPSA) is 30.0 Å². The monoisotopic (exact) mass is 379 g/mol. The number of rotatable bonds is 6. The van der Waals surface area contributed by atoms with Crippen LogP contribution >= 0.6 is 23.1 Å². The number of halogens is 1. The highest BCUT2D eigenvalue weighted by molar-refractivity contribution is 7.13. The first-order chi connectivity index (χ1) is 11.2. The first-order valence-corrected chi connectivity index (χ1v) is 11.9. The zero-order valence-corrected chi connectivity index (χ0v) is 17.8. The van der Waals surface area contributed by atoms with E-state index >= 15 is 0 Å². The van der Waals surface area contributed by atoms with Gasteiger partial charge in [-0.15, -0.1) is 0 Å². The van der Waals surface area contributed by atoms with Crippen molar-refractivity contribution in [3.8, 4) is 0 Å². The van der Waals surface area contributed by atoms with Crippen LogP contribution in [0.5, 0.6) is 0 Å². The predicted octanol–water partition coefficient (Wildman–Crippen LogP) is 5.91. The zero-order valence-electron chi connectivity index (χ0n) is 15.3. The van der Waals surface area contributed by atoms with Crippen LogP contribution in [0, 0.1) is 0 Å². The highest BCUT2D eigenvalue weighted by Crippen LogP contribution is 2.43. The molecule has 0 unspecified atom stereocenters. The summed E-state index contributed by atoms with van der Waals surface area (Å²) in [5.41, 5.74) is 2.15. The van der Waals surface area contributed by atoms with E-state index in [-0.39, 0.29) is 5.78 Å². The predicted molar refractivity (Wildman–Crippen MR) is 108 cm³/mol. The summed E-state index contributed by atoms with van der Waals surface area (Å²) in [5, 5.41) is 1.62. The molecule has 0 atom stereocenters. The van der Waals surface area contributed by atoms with Crippen LogP contribution in [-0.2, 0) is 0 Å². The Morgan fingerprint density at radius 2 is 1.50 bits per heavy atom. The van der Waals surface area contributed by atoms with Crippen molar-refractivity contribution in [2.45, 2.75) is 58.2 Å². The maximum atomic E-state index is 13.1. The van der Waals surface area contributed by atoms with Gasteiger partial charge < -0.3 is 0 Å². The normalized spacial score (nSPS) is 12.4. The van der Waals surface area contributed by atoms with E-state index in [1.807, 2.05) is 30.3 Å². The van der Waals surface area contributed by atoms with E-state index in [4.69, 9.17) is 11.6 Å². The van der Waals surface area contributed by atoms with Crippen molar-refractivity contribution >= 4 is 42.2 Å². The highest BCUT2D eigenvalue weighted by Gasteiger charge is 2.48. The van der Waals surface area contributed by atoms with Crippen LogP contribution < -0.4 is 5.19 Å². The number of ketones is 1. The fraction of sp³-hybridized carbons (Fsp3) is 0.474. The molecule has 0 spiro atoms. The summed E-state index contributed by atoms with van der Waals surface area (Å²) < 4.78 is 4.40. The molecule has 0 aliphatic heterocycles. The maximum absolute atomic E-state index is 13.1. The number of benzene rings is 1. The van der Waals surface area contributed by atoms with Crippen LogP contribution in [0.3, 0.4) is 0 Å². The van der Waals surface area contributed by atoms with E-state index in [1.54, 1.807) is 0 Å². The Labute approximate surface area is 155 Å². The standard InChI is InChI=1S/C19H26ClNOSSi/c1-12(2)24(13(3)4,14(5)6)18-17(23-21-19(18)20)16(22)15-10-8-7-9-11-15/h7-14H,1-6H3. The van der Waals surface area contributed by atoms with Crippen LogP contribution in [-0.4, -0.2) is 18.2 Å². The Kier molecular flexibility index (Phi) is 6.05. The first kappa shape index (κ1) is 19.4. The van der Waals surface area contributed by atoms with Gasteiger partial charge in [0.1, 0.15) is 13.2 Å². The molecule has 0 amide bonds. The molecule has 0 aliphatic carbocycles. The lowest BCUT2D eigenvalue weighted by Crippen LogP contribution is -2.57. The molecular weight excluding hydrogens is 354 g/mol. The van der Waals surface area contributed by atoms with E-state index in [0.717, 1.165) is 10.1 Å². The van der Waals surface area contributed by atoms with Gasteiger partial charge in [0.15, 0.2) is 0 Å². The second-order valence-corrected chi connectivity index (χ2v) is 14.2. The molecule has 24 heavy (non-hydrogen) atoms. The summed E-state index contributed by atoms with van der Waals surface area (Å²) in [6.07, 6.45) is 0. The van der Waals surface area contributed by atoms with Gasteiger partial charge in [0.05, 0.1) is 4.88 Å². The lowest BCUT2D eigenvalue weighted by atomic mass is 10.1. The van der Waals surface area contributed by atoms with Gasteiger partial charge >= 0.3 is 0 Å². The fourth-order valence-electron chi connectivity index (χ4n) is 4.39. The molecule has 1 heterocycles. The Bertz CT molecular complexity index is 688. The van der Waals surface area contributed by atoms with Crippen molar-refractivity contribution in [2.75, 3.05) is 0 Å². The molecule has 130 valence electrons. The van der Waals surface area contributed by atoms with Crippen LogP contribution in [0.2, 0.25) is 21.8 Å². The summed E-state index contributed by atoms with van der Waals surface area (Å²) in [7, 11) is -2.04. The third-order valence-electron chi connectivity index (χ3n) is 5.19. The summed E-state index contributed by atoms with van der Waals surface area (Å²) in [6, 6.07) is 9.44. The summed E-state index contributed by atoms with van der Waals surface area (Å²) >= 11 is 7.84. The van der Waals surface area contributed by atoms with E-state index < -0.39 is 8.07 Å². The number of carbonyl (C=O) groups excluding carboxylic acids is 1. The zero-order chi connectivity index (χ0) is 18.1. The van der Waals surface area contributed by atoms with Crippen molar-refractivity contribution < 1.29 is 4.79 Å². The fourth-order valence-corrected chi connectivity index (χ4v) is 13.2. The average Bonchev–Trinajstić information content (AvgIpc) is 2.89. The Morgan fingerprint density at radius 1 is 1.00 bits per heavy atom. The van der Waals surface area contributed by atoms with Crippen molar-refractivity contribution in [3.05, 3.63) is 45.9 Å². The van der Waals surface area contributed by atoms with Gasteiger partial charge in [-0.3, -0.25) is 4.79 Å². The quantitative estimate of drug-likeness (QED) is 0.461. The van der Waals surface area contributed by atoms with Gasteiger partial charge in [0, 0.05) is 10.8 Å². The summed E-state index contributed by atoms with van der Waals surface area (Å²) in [4.78, 5) is 13.9. The van der Waals surface area contributed by atoms with Crippen molar-refractivity contribution in [3.63, 3.8) is 0 Å². The molecule has 2 rings (SSSR count). The van der Waals surface area contributed by atoms with Gasteiger partial charge in [-0.2, -0.15) is 4.37 Å². The van der Waals surface area contributed by atoms with Gasteiger partial charge in [-0.05, 0) is 28.2 Å². The molecule has 0 N–H and O–H groups in total. The molecular formula is C19H26ClNOSSi.